The van der Waals surface area contributed by atoms with Crippen LogP contribution in [0.1, 0.15) is 36.3 Å². The van der Waals surface area contributed by atoms with Crippen LogP contribution in [0, 0.1) is 12.8 Å². The number of amides is 1. The van der Waals surface area contributed by atoms with Gasteiger partial charge in [0.2, 0.25) is 0 Å². The van der Waals surface area contributed by atoms with Crippen LogP contribution in [0.5, 0.6) is 0 Å². The Morgan fingerprint density at radius 3 is 2.62 bits per heavy atom. The van der Waals surface area contributed by atoms with Crippen LogP contribution >= 0.6 is 11.6 Å². The first kappa shape index (κ1) is 17.4. The van der Waals surface area contributed by atoms with Crippen molar-refractivity contribution in [3.63, 3.8) is 0 Å². The summed E-state index contributed by atoms with van der Waals surface area (Å²) in [6, 6.07) is 1.66. The lowest BCUT2D eigenvalue weighted by molar-refractivity contribution is -0.140. The molecule has 1 amide bonds. The molecular weight excluding hydrogens is 292 g/mol. The van der Waals surface area contributed by atoms with Crippen LogP contribution < -0.4 is 0 Å². The van der Waals surface area contributed by atoms with Crippen LogP contribution in [-0.4, -0.2) is 42.0 Å². The van der Waals surface area contributed by atoms with Gasteiger partial charge in [-0.2, -0.15) is 0 Å². The molecule has 1 aromatic rings. The Morgan fingerprint density at radius 2 is 2.10 bits per heavy atom. The molecule has 116 valence electrons. The number of ether oxygens (including phenoxy) is 1. The maximum Gasteiger partial charge on any atom is 0.307 e. The Bertz CT molecular complexity index is 518. The summed E-state index contributed by atoms with van der Waals surface area (Å²) >= 11 is 6.12. The van der Waals surface area contributed by atoms with Crippen molar-refractivity contribution in [1.29, 1.82) is 0 Å². The third kappa shape index (κ3) is 5.34. The molecule has 0 unspecified atom stereocenters. The Balaban J connectivity index is 2.90. The molecule has 0 aliphatic heterocycles. The van der Waals surface area contributed by atoms with E-state index in [1.807, 2.05) is 20.8 Å². The first-order chi connectivity index (χ1) is 9.85. The van der Waals surface area contributed by atoms with Crippen LogP contribution in [0.25, 0.3) is 0 Å². The van der Waals surface area contributed by atoms with Gasteiger partial charge in [0.25, 0.3) is 5.91 Å². The Kier molecular flexibility index (Phi) is 6.62. The van der Waals surface area contributed by atoms with E-state index >= 15 is 0 Å². The minimum absolute atomic E-state index is 0.159. The SMILES string of the molecule is COC(=O)CCN(CC(C)C)C(=O)c1cnc(C)cc1Cl. The number of esters is 1. The van der Waals surface area contributed by atoms with Gasteiger partial charge in [0.15, 0.2) is 0 Å². The van der Waals surface area contributed by atoms with E-state index in [4.69, 9.17) is 11.6 Å². The van der Waals surface area contributed by atoms with E-state index in [-0.39, 0.29) is 24.2 Å². The molecule has 1 aromatic heterocycles. The summed E-state index contributed by atoms with van der Waals surface area (Å²) in [5.74, 6) is -0.279. The van der Waals surface area contributed by atoms with Crippen LogP contribution in [0.2, 0.25) is 5.02 Å². The smallest absolute Gasteiger partial charge is 0.307 e. The Labute approximate surface area is 130 Å². The van der Waals surface area contributed by atoms with Crippen LogP contribution in [0.3, 0.4) is 0 Å². The van der Waals surface area contributed by atoms with Crippen molar-refractivity contribution >= 4 is 23.5 Å². The van der Waals surface area contributed by atoms with Crippen molar-refractivity contribution in [2.24, 2.45) is 5.92 Å². The van der Waals surface area contributed by atoms with E-state index in [9.17, 15) is 9.59 Å². The highest BCUT2D eigenvalue weighted by Crippen LogP contribution is 2.18. The number of carbonyl (C=O) groups is 2. The van der Waals surface area contributed by atoms with Crippen LogP contribution in [-0.2, 0) is 9.53 Å². The quantitative estimate of drug-likeness (QED) is 0.758. The summed E-state index contributed by atoms with van der Waals surface area (Å²) in [6.07, 6.45) is 1.64. The molecule has 1 rings (SSSR count). The van der Waals surface area contributed by atoms with Crippen molar-refractivity contribution in [1.82, 2.24) is 9.88 Å². The monoisotopic (exact) mass is 312 g/mol. The van der Waals surface area contributed by atoms with Gasteiger partial charge in [-0.25, -0.2) is 0 Å². The molecule has 0 bridgehead atoms. The fraction of sp³-hybridized carbons (Fsp3) is 0.533. The largest absolute Gasteiger partial charge is 0.469 e. The van der Waals surface area contributed by atoms with Crippen molar-refractivity contribution in [3.05, 3.63) is 28.5 Å². The van der Waals surface area contributed by atoms with Crippen molar-refractivity contribution in [2.45, 2.75) is 27.2 Å². The highest BCUT2D eigenvalue weighted by Gasteiger charge is 2.20. The summed E-state index contributed by atoms with van der Waals surface area (Å²) in [5.41, 5.74) is 1.11. The van der Waals surface area contributed by atoms with Gasteiger partial charge in [-0.3, -0.25) is 14.6 Å². The number of carbonyl (C=O) groups excluding carboxylic acids is 2. The maximum atomic E-state index is 12.6. The number of hydrogen-bond donors (Lipinski definition) is 0. The van der Waals surface area contributed by atoms with Gasteiger partial charge >= 0.3 is 5.97 Å². The van der Waals surface area contributed by atoms with Crippen LogP contribution in [0.15, 0.2) is 12.3 Å². The molecule has 0 aromatic carbocycles. The molecule has 0 saturated heterocycles. The zero-order valence-corrected chi connectivity index (χ0v) is 13.6. The molecule has 0 aliphatic carbocycles. The first-order valence-corrected chi connectivity index (χ1v) is 7.21. The highest BCUT2D eigenvalue weighted by atomic mass is 35.5. The molecule has 0 spiro atoms. The molecular formula is C15H21ClN2O3. The van der Waals surface area contributed by atoms with Gasteiger partial charge < -0.3 is 9.64 Å². The third-order valence-corrected chi connectivity index (χ3v) is 3.22. The lowest BCUT2D eigenvalue weighted by Gasteiger charge is -2.24. The van der Waals surface area contributed by atoms with E-state index in [0.29, 0.717) is 23.7 Å². The predicted octanol–water partition coefficient (Wildman–Crippen LogP) is 2.70. The molecule has 0 radical (unpaired) electrons. The normalized spacial score (nSPS) is 10.6. The number of rotatable bonds is 6. The summed E-state index contributed by atoms with van der Waals surface area (Å²) in [5, 5.41) is 0.374. The number of halogens is 1. The van der Waals surface area contributed by atoms with E-state index in [0.717, 1.165) is 5.69 Å². The number of aromatic nitrogens is 1. The maximum absolute atomic E-state index is 12.6. The Morgan fingerprint density at radius 1 is 1.43 bits per heavy atom. The van der Waals surface area contributed by atoms with E-state index in [1.165, 1.54) is 13.3 Å². The topological polar surface area (TPSA) is 59.5 Å². The number of aryl methyl sites for hydroxylation is 1. The number of hydrogen-bond acceptors (Lipinski definition) is 4. The second-order valence-corrected chi connectivity index (χ2v) is 5.68. The number of methoxy groups -OCH3 is 1. The van der Waals surface area contributed by atoms with Gasteiger partial charge in [-0.05, 0) is 18.9 Å². The number of nitrogens with zero attached hydrogens (tertiary/aromatic N) is 2. The molecule has 5 nitrogen and oxygen atoms in total. The zero-order valence-electron chi connectivity index (χ0n) is 12.9. The fourth-order valence-electron chi connectivity index (χ4n) is 1.90. The molecule has 0 saturated carbocycles. The minimum Gasteiger partial charge on any atom is -0.469 e. The van der Waals surface area contributed by atoms with Gasteiger partial charge in [0.1, 0.15) is 0 Å². The third-order valence-electron chi connectivity index (χ3n) is 2.91. The average molecular weight is 313 g/mol. The molecule has 0 fully saturated rings. The second-order valence-electron chi connectivity index (χ2n) is 5.28. The summed E-state index contributed by atoms with van der Waals surface area (Å²) in [6.45, 7) is 6.66. The number of pyridine rings is 1. The van der Waals surface area contributed by atoms with E-state index < -0.39 is 0 Å². The van der Waals surface area contributed by atoms with Crippen molar-refractivity contribution < 1.29 is 14.3 Å². The fourth-order valence-corrected chi connectivity index (χ4v) is 2.19. The standard InChI is InChI=1S/C15H21ClN2O3/c1-10(2)9-18(6-5-14(19)21-4)15(20)12-8-17-11(3)7-13(12)16/h7-8,10H,5-6,9H2,1-4H3. The molecule has 0 aliphatic rings. The van der Waals surface area contributed by atoms with E-state index in [1.54, 1.807) is 11.0 Å². The van der Waals surface area contributed by atoms with Gasteiger partial charge in [0.05, 0.1) is 24.1 Å². The Hall–Kier alpha value is -1.62. The molecule has 21 heavy (non-hydrogen) atoms. The zero-order chi connectivity index (χ0) is 16.0. The second kappa shape index (κ2) is 7.98. The summed E-state index contributed by atoms with van der Waals surface area (Å²) < 4.78 is 4.62. The molecule has 6 heteroatoms. The van der Waals surface area contributed by atoms with Crippen LogP contribution in [0.4, 0.5) is 0 Å². The molecule has 1 heterocycles. The predicted molar refractivity (Wildman–Crippen MR) is 81.4 cm³/mol. The lowest BCUT2D eigenvalue weighted by atomic mass is 10.1. The lowest BCUT2D eigenvalue weighted by Crippen LogP contribution is -2.36. The minimum atomic E-state index is -0.343. The van der Waals surface area contributed by atoms with Gasteiger partial charge in [-0.15, -0.1) is 0 Å². The molecule has 0 N–H and O–H groups in total. The van der Waals surface area contributed by atoms with E-state index in [2.05, 4.69) is 9.72 Å². The highest BCUT2D eigenvalue weighted by molar-refractivity contribution is 6.33. The van der Waals surface area contributed by atoms with Crippen molar-refractivity contribution in [2.75, 3.05) is 20.2 Å². The molecule has 0 atom stereocenters. The van der Waals surface area contributed by atoms with Gasteiger partial charge in [0, 0.05) is 25.0 Å². The van der Waals surface area contributed by atoms with Crippen molar-refractivity contribution in [3.8, 4) is 0 Å². The summed E-state index contributed by atoms with van der Waals surface area (Å²) in [7, 11) is 1.33. The first-order valence-electron chi connectivity index (χ1n) is 6.83. The average Bonchev–Trinajstić information content (AvgIpc) is 2.42. The summed E-state index contributed by atoms with van der Waals surface area (Å²) in [4.78, 5) is 29.6. The van der Waals surface area contributed by atoms with Gasteiger partial charge in [-0.1, -0.05) is 25.4 Å².